The van der Waals surface area contributed by atoms with Crippen molar-refractivity contribution in [2.45, 2.75) is 5.37 Å². The van der Waals surface area contributed by atoms with Crippen LogP contribution < -0.4 is 5.32 Å². The van der Waals surface area contributed by atoms with Gasteiger partial charge in [0, 0.05) is 38.6 Å². The fourth-order valence-electron chi connectivity index (χ4n) is 2.37. The summed E-state index contributed by atoms with van der Waals surface area (Å²) in [5, 5.41) is 6.02. The maximum Gasteiger partial charge on any atom is 0.174 e. The van der Waals surface area contributed by atoms with E-state index in [0.717, 1.165) is 23.5 Å². The molecule has 1 atom stereocenters. The molecule has 1 aliphatic rings. The highest BCUT2D eigenvalue weighted by molar-refractivity contribution is 7.99. The van der Waals surface area contributed by atoms with Gasteiger partial charge in [-0.15, -0.1) is 11.8 Å². The standard InChI is InChI=1S/C16H13Cl3N2S2/c17-10-1-4-12(5-2-10)20-16(22)21-7-8-23-15(21)13-6-3-11(18)9-14(13)19/h1-6,9,15H,7-8H2,(H,20,22). The number of thioether (sulfide) groups is 1. The van der Waals surface area contributed by atoms with E-state index in [1.807, 2.05) is 48.2 Å². The van der Waals surface area contributed by atoms with Crippen molar-refractivity contribution in [2.75, 3.05) is 17.6 Å². The van der Waals surface area contributed by atoms with Crippen molar-refractivity contribution >= 4 is 69.6 Å². The molecular formula is C16H13Cl3N2S2. The zero-order valence-corrected chi connectivity index (χ0v) is 15.8. The molecule has 2 nitrogen and oxygen atoms in total. The number of rotatable bonds is 2. The molecule has 2 aromatic rings. The van der Waals surface area contributed by atoms with E-state index in [0.29, 0.717) is 20.2 Å². The predicted molar refractivity (Wildman–Crippen MR) is 106 cm³/mol. The molecule has 1 fully saturated rings. The zero-order valence-electron chi connectivity index (χ0n) is 11.9. The predicted octanol–water partition coefficient (Wildman–Crippen LogP) is 6.09. The van der Waals surface area contributed by atoms with Crippen LogP contribution in [0.3, 0.4) is 0 Å². The normalized spacial score (nSPS) is 17.3. The van der Waals surface area contributed by atoms with E-state index in [1.54, 1.807) is 6.07 Å². The number of thiocarbonyl (C=S) groups is 1. The first-order chi connectivity index (χ1) is 11.0. The Morgan fingerprint density at radius 2 is 1.78 bits per heavy atom. The van der Waals surface area contributed by atoms with E-state index >= 15 is 0 Å². The summed E-state index contributed by atoms with van der Waals surface area (Å²) in [5.41, 5.74) is 1.94. The van der Waals surface area contributed by atoms with Gasteiger partial charge in [-0.05, 0) is 48.6 Å². The average molecular weight is 404 g/mol. The Morgan fingerprint density at radius 1 is 1.09 bits per heavy atom. The SMILES string of the molecule is S=C(Nc1ccc(Cl)cc1)N1CCSC1c1ccc(Cl)cc1Cl. The summed E-state index contributed by atoms with van der Waals surface area (Å²) >= 11 is 25.6. The quantitative estimate of drug-likeness (QED) is 0.610. The van der Waals surface area contributed by atoms with Crippen molar-refractivity contribution in [2.24, 2.45) is 0 Å². The molecule has 1 saturated heterocycles. The Bertz CT molecular complexity index is 722. The lowest BCUT2D eigenvalue weighted by molar-refractivity contribution is 0.458. The molecule has 3 rings (SSSR count). The van der Waals surface area contributed by atoms with Crippen LogP contribution in [0.5, 0.6) is 0 Å². The molecule has 0 amide bonds. The van der Waals surface area contributed by atoms with Crippen LogP contribution in [-0.2, 0) is 0 Å². The smallest absolute Gasteiger partial charge is 0.174 e. The fraction of sp³-hybridized carbons (Fsp3) is 0.188. The van der Waals surface area contributed by atoms with Crippen molar-refractivity contribution in [1.29, 1.82) is 0 Å². The molecule has 0 aromatic heterocycles. The first-order valence-corrected chi connectivity index (χ1v) is 9.53. The van der Waals surface area contributed by atoms with Crippen molar-refractivity contribution in [3.63, 3.8) is 0 Å². The van der Waals surface area contributed by atoms with Gasteiger partial charge in [0.15, 0.2) is 5.11 Å². The number of hydrogen-bond acceptors (Lipinski definition) is 2. The second-order valence-electron chi connectivity index (χ2n) is 5.02. The summed E-state index contributed by atoms with van der Waals surface area (Å²) in [5.74, 6) is 0.992. The molecular weight excluding hydrogens is 391 g/mol. The summed E-state index contributed by atoms with van der Waals surface area (Å²) in [7, 11) is 0. The molecule has 23 heavy (non-hydrogen) atoms. The van der Waals surface area contributed by atoms with Crippen molar-refractivity contribution < 1.29 is 0 Å². The highest BCUT2D eigenvalue weighted by atomic mass is 35.5. The average Bonchev–Trinajstić information content (AvgIpc) is 2.99. The molecule has 1 N–H and O–H groups in total. The summed E-state index contributed by atoms with van der Waals surface area (Å²) in [6.45, 7) is 0.869. The Balaban J connectivity index is 1.78. The van der Waals surface area contributed by atoms with Gasteiger partial charge in [0.2, 0.25) is 0 Å². The largest absolute Gasteiger partial charge is 0.333 e. The van der Waals surface area contributed by atoms with Crippen LogP contribution in [0, 0.1) is 0 Å². The maximum absolute atomic E-state index is 6.35. The van der Waals surface area contributed by atoms with Gasteiger partial charge in [-0.25, -0.2) is 0 Å². The monoisotopic (exact) mass is 402 g/mol. The Labute approximate surface area is 160 Å². The minimum atomic E-state index is 0.0899. The van der Waals surface area contributed by atoms with E-state index < -0.39 is 0 Å². The summed E-state index contributed by atoms with van der Waals surface area (Å²) in [4.78, 5) is 2.14. The number of nitrogens with zero attached hydrogens (tertiary/aromatic N) is 1. The summed E-state index contributed by atoms with van der Waals surface area (Å²) in [6, 6.07) is 13.1. The van der Waals surface area contributed by atoms with Crippen LogP contribution in [0.25, 0.3) is 0 Å². The fourth-order valence-corrected chi connectivity index (χ4v) is 4.75. The number of halogens is 3. The Hall–Kier alpha value is -0.650. The van der Waals surface area contributed by atoms with Gasteiger partial charge in [-0.1, -0.05) is 40.9 Å². The van der Waals surface area contributed by atoms with Gasteiger partial charge < -0.3 is 10.2 Å². The van der Waals surface area contributed by atoms with E-state index in [2.05, 4.69) is 10.2 Å². The van der Waals surface area contributed by atoms with Gasteiger partial charge in [-0.2, -0.15) is 0 Å². The summed E-state index contributed by atoms with van der Waals surface area (Å²) in [6.07, 6.45) is 0. The van der Waals surface area contributed by atoms with E-state index in [4.69, 9.17) is 47.0 Å². The van der Waals surface area contributed by atoms with Crippen LogP contribution in [0.1, 0.15) is 10.9 Å². The van der Waals surface area contributed by atoms with Crippen molar-refractivity contribution in [3.05, 3.63) is 63.1 Å². The van der Waals surface area contributed by atoms with Gasteiger partial charge in [-0.3, -0.25) is 0 Å². The molecule has 1 heterocycles. The second kappa shape index (κ2) is 7.49. The molecule has 0 saturated carbocycles. The molecule has 0 aliphatic carbocycles. The lowest BCUT2D eigenvalue weighted by Gasteiger charge is -2.27. The van der Waals surface area contributed by atoms with Gasteiger partial charge in [0.05, 0.1) is 0 Å². The van der Waals surface area contributed by atoms with Crippen LogP contribution >= 0.6 is 58.8 Å². The van der Waals surface area contributed by atoms with Crippen LogP contribution in [0.4, 0.5) is 5.69 Å². The van der Waals surface area contributed by atoms with Crippen molar-refractivity contribution in [1.82, 2.24) is 4.90 Å². The molecule has 0 radical (unpaired) electrons. The third-order valence-corrected chi connectivity index (χ3v) is 5.87. The molecule has 0 spiro atoms. The number of hydrogen-bond donors (Lipinski definition) is 1. The number of anilines is 1. The van der Waals surface area contributed by atoms with E-state index in [-0.39, 0.29) is 5.37 Å². The summed E-state index contributed by atoms with van der Waals surface area (Å²) < 4.78 is 0. The third kappa shape index (κ3) is 4.06. The lowest BCUT2D eigenvalue weighted by atomic mass is 10.2. The highest BCUT2D eigenvalue weighted by Crippen LogP contribution is 2.41. The van der Waals surface area contributed by atoms with Crippen LogP contribution in [-0.4, -0.2) is 22.3 Å². The minimum Gasteiger partial charge on any atom is -0.333 e. The van der Waals surface area contributed by atoms with Gasteiger partial charge in [0.1, 0.15) is 5.37 Å². The zero-order chi connectivity index (χ0) is 16.4. The van der Waals surface area contributed by atoms with Gasteiger partial charge in [0.25, 0.3) is 0 Å². The number of benzene rings is 2. The molecule has 7 heteroatoms. The van der Waals surface area contributed by atoms with Gasteiger partial charge >= 0.3 is 0 Å². The lowest BCUT2D eigenvalue weighted by Crippen LogP contribution is -2.34. The highest BCUT2D eigenvalue weighted by Gasteiger charge is 2.30. The molecule has 1 aliphatic heterocycles. The minimum absolute atomic E-state index is 0.0899. The first-order valence-electron chi connectivity index (χ1n) is 6.94. The van der Waals surface area contributed by atoms with E-state index in [9.17, 15) is 0 Å². The first kappa shape index (κ1) is 17.2. The third-order valence-electron chi connectivity index (χ3n) is 3.48. The van der Waals surface area contributed by atoms with Crippen molar-refractivity contribution in [3.8, 4) is 0 Å². The molecule has 0 bridgehead atoms. The Kier molecular flexibility index (Phi) is 5.60. The van der Waals surface area contributed by atoms with Crippen LogP contribution in [0.2, 0.25) is 15.1 Å². The van der Waals surface area contributed by atoms with E-state index in [1.165, 1.54) is 0 Å². The molecule has 120 valence electrons. The molecule has 2 aromatic carbocycles. The molecule has 1 unspecified atom stereocenters. The topological polar surface area (TPSA) is 15.3 Å². The maximum atomic E-state index is 6.35. The number of nitrogens with one attached hydrogen (secondary N) is 1. The van der Waals surface area contributed by atoms with Crippen LogP contribution in [0.15, 0.2) is 42.5 Å². The second-order valence-corrected chi connectivity index (χ2v) is 7.87. The Morgan fingerprint density at radius 3 is 2.48 bits per heavy atom.